The molecular weight excluding hydrogens is 664 g/mol. The summed E-state index contributed by atoms with van der Waals surface area (Å²) in [6.45, 7) is 14.3. The number of aliphatic hydroxyl groups is 4. The summed E-state index contributed by atoms with van der Waals surface area (Å²) >= 11 is 0. The zero-order valence-electron chi connectivity index (χ0n) is 31.9. The third-order valence-corrected chi connectivity index (χ3v) is 10.7. The molecule has 2 fully saturated rings. The van der Waals surface area contributed by atoms with Gasteiger partial charge in [0, 0.05) is 51.0 Å². The number of ether oxygens (including phenoxy) is 3. The van der Waals surface area contributed by atoms with Gasteiger partial charge in [0.1, 0.15) is 11.7 Å². The maximum absolute atomic E-state index is 13.5. The van der Waals surface area contributed by atoms with Gasteiger partial charge in [-0.1, -0.05) is 75.4 Å². The molecule has 11 nitrogen and oxygen atoms in total. The number of nitrogens with zero attached hydrogens (tertiary/aromatic N) is 2. The number of aliphatic hydroxyl groups excluding tert-OH is 2. The highest BCUT2D eigenvalue weighted by Crippen LogP contribution is 2.37. The summed E-state index contributed by atoms with van der Waals surface area (Å²) in [6.07, 6.45) is 6.44. The lowest BCUT2D eigenvalue weighted by Crippen LogP contribution is -2.45. The van der Waals surface area contributed by atoms with Crippen LogP contribution in [0.4, 0.5) is 4.79 Å². The van der Waals surface area contributed by atoms with Crippen LogP contribution in [0.1, 0.15) is 85.6 Å². The molecule has 10 atom stereocenters. The normalized spacial score (nSPS) is 32.8. The van der Waals surface area contributed by atoms with Crippen LogP contribution in [0.3, 0.4) is 0 Å². The minimum Gasteiger partial charge on any atom is -0.457 e. The summed E-state index contributed by atoms with van der Waals surface area (Å²) in [5.74, 6) is -0.968. The van der Waals surface area contributed by atoms with Gasteiger partial charge in [0.25, 0.3) is 0 Å². The van der Waals surface area contributed by atoms with Crippen LogP contribution in [0, 0.1) is 11.8 Å². The van der Waals surface area contributed by atoms with E-state index in [1.54, 1.807) is 49.1 Å². The van der Waals surface area contributed by atoms with Crippen molar-refractivity contribution in [1.29, 1.82) is 0 Å². The van der Waals surface area contributed by atoms with Gasteiger partial charge in [-0.2, -0.15) is 0 Å². The molecule has 0 bridgehead atoms. The number of hydrogen-bond acceptors (Lipinski definition) is 10. The second-order valence-electron chi connectivity index (χ2n) is 15.6. The monoisotopic (exact) mass is 726 g/mol. The van der Waals surface area contributed by atoms with E-state index in [9.17, 15) is 30.0 Å². The van der Waals surface area contributed by atoms with E-state index in [1.165, 1.54) is 5.56 Å². The van der Waals surface area contributed by atoms with Crippen LogP contribution in [0.5, 0.6) is 0 Å². The average molecular weight is 727 g/mol. The maximum Gasteiger partial charge on any atom is 0.410 e. The Morgan fingerprint density at radius 1 is 1.17 bits per heavy atom. The zero-order valence-corrected chi connectivity index (χ0v) is 31.9. The number of carbonyl (C=O) groups is 2. The molecule has 10 unspecified atom stereocenters. The lowest BCUT2D eigenvalue weighted by Gasteiger charge is -2.34. The quantitative estimate of drug-likeness (QED) is 0.107. The number of carbonyl (C=O) groups excluding carboxylic acids is 2. The Balaban J connectivity index is 1.43. The van der Waals surface area contributed by atoms with Gasteiger partial charge in [-0.15, -0.1) is 0 Å². The lowest BCUT2D eigenvalue weighted by atomic mass is 9.88. The van der Waals surface area contributed by atoms with Crippen LogP contribution >= 0.6 is 0 Å². The molecule has 1 amide bonds. The van der Waals surface area contributed by atoms with Gasteiger partial charge in [0.15, 0.2) is 6.10 Å². The van der Waals surface area contributed by atoms with Gasteiger partial charge in [-0.25, -0.2) is 4.79 Å². The number of amides is 1. The minimum absolute atomic E-state index is 0.0157. The molecule has 4 rings (SSSR count). The van der Waals surface area contributed by atoms with E-state index >= 15 is 0 Å². The second kappa shape index (κ2) is 18.8. The summed E-state index contributed by atoms with van der Waals surface area (Å²) in [5.41, 5.74) is -0.749. The highest BCUT2D eigenvalue weighted by molar-refractivity contribution is 5.70. The van der Waals surface area contributed by atoms with E-state index in [1.807, 2.05) is 45.9 Å². The molecule has 0 aliphatic carbocycles. The molecule has 52 heavy (non-hydrogen) atoms. The molecule has 3 aliphatic heterocycles. The van der Waals surface area contributed by atoms with E-state index in [0.29, 0.717) is 38.0 Å². The van der Waals surface area contributed by atoms with Crippen LogP contribution in [0.15, 0.2) is 66.3 Å². The fourth-order valence-corrected chi connectivity index (χ4v) is 7.14. The van der Waals surface area contributed by atoms with Gasteiger partial charge in [0.2, 0.25) is 0 Å². The molecule has 0 saturated carbocycles. The van der Waals surface area contributed by atoms with E-state index in [4.69, 9.17) is 14.2 Å². The molecule has 0 spiro atoms. The molecule has 290 valence electrons. The predicted molar refractivity (Wildman–Crippen MR) is 199 cm³/mol. The van der Waals surface area contributed by atoms with Gasteiger partial charge in [-0.05, 0) is 63.7 Å². The van der Waals surface area contributed by atoms with Gasteiger partial charge in [0.05, 0.1) is 36.4 Å². The summed E-state index contributed by atoms with van der Waals surface area (Å²) in [7, 11) is 0. The highest BCUT2D eigenvalue weighted by Gasteiger charge is 2.47. The zero-order chi connectivity index (χ0) is 38.1. The predicted octanol–water partition coefficient (Wildman–Crippen LogP) is 4.92. The second-order valence-corrected chi connectivity index (χ2v) is 15.6. The first-order valence-corrected chi connectivity index (χ1v) is 19.0. The molecule has 2 saturated heterocycles. The van der Waals surface area contributed by atoms with E-state index in [0.717, 1.165) is 19.5 Å². The van der Waals surface area contributed by atoms with Crippen LogP contribution in [-0.2, 0) is 25.5 Å². The van der Waals surface area contributed by atoms with Gasteiger partial charge in [-0.3, -0.25) is 9.69 Å². The van der Waals surface area contributed by atoms with Crippen LogP contribution < -0.4 is 0 Å². The third-order valence-electron chi connectivity index (χ3n) is 10.7. The van der Waals surface area contributed by atoms with E-state index in [2.05, 4.69) is 17.0 Å². The third kappa shape index (κ3) is 12.5. The van der Waals surface area contributed by atoms with Crippen LogP contribution in [-0.4, -0.2) is 116 Å². The van der Waals surface area contributed by atoms with Crippen molar-refractivity contribution >= 4 is 12.1 Å². The molecule has 3 heterocycles. The van der Waals surface area contributed by atoms with Crippen molar-refractivity contribution in [3.05, 3.63) is 71.8 Å². The Kier molecular flexibility index (Phi) is 15.1. The molecular formula is C41H62N2O9. The molecule has 1 aromatic rings. The summed E-state index contributed by atoms with van der Waals surface area (Å²) < 4.78 is 17.7. The van der Waals surface area contributed by atoms with Crippen LogP contribution in [0.25, 0.3) is 0 Å². The van der Waals surface area contributed by atoms with E-state index < -0.39 is 47.7 Å². The average Bonchev–Trinajstić information content (AvgIpc) is 3.89. The fourth-order valence-electron chi connectivity index (χ4n) is 7.14. The SMILES string of the molecule is CCC(O)C(C)C1OC1CC(C)(O)/C=C/C=C(\C)C1OC(=O)CC(O)CCC(C)(O)C(OC(=O)N2CCCN(Cc3ccccc3)CC2)/C=C\C1C. The van der Waals surface area contributed by atoms with Crippen molar-refractivity contribution in [2.45, 2.75) is 134 Å². The molecule has 3 aliphatic rings. The number of epoxide rings is 1. The molecule has 0 aromatic heterocycles. The standard InChI is InChI=1S/C41H62N2O9/c1-7-33(45)30(4)38-34(50-38)26-40(5,48)19-11-13-28(2)37-29(3)16-17-35(41(6,49)20-18-32(44)25-36(46)52-37)51-39(47)43-22-12-21-42(23-24-43)27-31-14-9-8-10-15-31/h8-11,13-17,19,29-30,32-35,37-38,44-45,48-49H,7,12,18,20-27H2,1-6H3/b17-16-,19-11+,28-13+. The molecule has 1 aromatic carbocycles. The first kappa shape index (κ1) is 41.7. The van der Waals surface area contributed by atoms with Crippen molar-refractivity contribution in [3.63, 3.8) is 0 Å². The van der Waals surface area contributed by atoms with Gasteiger partial charge >= 0.3 is 12.1 Å². The van der Waals surface area contributed by atoms with Crippen molar-refractivity contribution in [2.24, 2.45) is 11.8 Å². The van der Waals surface area contributed by atoms with Crippen molar-refractivity contribution in [3.8, 4) is 0 Å². The summed E-state index contributed by atoms with van der Waals surface area (Å²) in [6, 6.07) is 10.2. The summed E-state index contributed by atoms with van der Waals surface area (Å²) in [5, 5.41) is 43.5. The number of cyclic esters (lactones) is 1. The smallest absolute Gasteiger partial charge is 0.410 e. The Bertz CT molecular complexity index is 1390. The van der Waals surface area contributed by atoms with Crippen molar-refractivity contribution in [1.82, 2.24) is 9.80 Å². The van der Waals surface area contributed by atoms with Crippen molar-refractivity contribution < 1.29 is 44.2 Å². The number of benzene rings is 1. The lowest BCUT2D eigenvalue weighted by molar-refractivity contribution is -0.151. The molecule has 4 N–H and O–H groups in total. The maximum atomic E-state index is 13.5. The Hall–Kier alpha value is -3.06. The first-order valence-electron chi connectivity index (χ1n) is 19.0. The Morgan fingerprint density at radius 2 is 1.90 bits per heavy atom. The largest absolute Gasteiger partial charge is 0.457 e. The number of rotatable bonds is 11. The minimum atomic E-state index is -1.51. The first-order chi connectivity index (χ1) is 24.6. The summed E-state index contributed by atoms with van der Waals surface area (Å²) in [4.78, 5) is 30.5. The van der Waals surface area contributed by atoms with E-state index in [-0.39, 0.29) is 43.3 Å². The Morgan fingerprint density at radius 3 is 2.62 bits per heavy atom. The van der Waals surface area contributed by atoms with Crippen LogP contribution in [0.2, 0.25) is 0 Å². The number of hydrogen-bond donors (Lipinski definition) is 4. The number of esters is 1. The molecule has 11 heteroatoms. The highest BCUT2D eigenvalue weighted by atomic mass is 16.6. The topological polar surface area (TPSA) is 153 Å². The Labute approximate surface area is 309 Å². The fraction of sp³-hybridized carbons (Fsp3) is 0.659. The van der Waals surface area contributed by atoms with Crippen molar-refractivity contribution in [2.75, 3.05) is 26.2 Å². The number of allylic oxidation sites excluding steroid dienone is 2. The molecule has 0 radical (unpaired) electrons. The van der Waals surface area contributed by atoms with Gasteiger partial charge < -0.3 is 39.5 Å².